The summed E-state index contributed by atoms with van der Waals surface area (Å²) in [6.07, 6.45) is 0. The molecule has 0 aliphatic heterocycles. The van der Waals surface area contributed by atoms with Crippen LogP contribution < -0.4 is 5.73 Å². The first-order valence-corrected chi connectivity index (χ1v) is 4.51. The molecule has 4 heteroatoms. The van der Waals surface area contributed by atoms with Gasteiger partial charge in [0.1, 0.15) is 0 Å². The summed E-state index contributed by atoms with van der Waals surface area (Å²) in [6.45, 7) is 1.69. The molecule has 0 unspecified atom stereocenters. The molecule has 1 aromatic carbocycles. The molecule has 2 N–H and O–H groups in total. The lowest BCUT2D eigenvalue weighted by molar-refractivity contribution is 0.101. The summed E-state index contributed by atoms with van der Waals surface area (Å²) in [6, 6.07) is 8.90. The van der Waals surface area contributed by atoms with Crippen molar-refractivity contribution in [3.63, 3.8) is 0 Å². The molecule has 0 spiro atoms. The minimum Gasteiger partial charge on any atom is -0.420 e. The Bertz CT molecular complexity index is 489. The number of anilines is 1. The Hall–Kier alpha value is -2.10. The number of benzene rings is 1. The first-order chi connectivity index (χ1) is 7.18. The number of hydrogen-bond acceptors (Lipinski definition) is 4. The summed E-state index contributed by atoms with van der Waals surface area (Å²) in [7, 11) is 0. The van der Waals surface area contributed by atoms with E-state index in [9.17, 15) is 4.79 Å². The van der Waals surface area contributed by atoms with E-state index in [1.54, 1.807) is 31.2 Å². The van der Waals surface area contributed by atoms with Crippen molar-refractivity contribution in [2.45, 2.75) is 6.92 Å². The number of hydrogen-bond donors (Lipinski definition) is 1. The average molecular weight is 202 g/mol. The van der Waals surface area contributed by atoms with Gasteiger partial charge >= 0.3 is 0 Å². The van der Waals surface area contributed by atoms with Gasteiger partial charge in [-0.05, 0) is 6.92 Å². The van der Waals surface area contributed by atoms with Crippen molar-refractivity contribution in [1.82, 2.24) is 4.98 Å². The molecule has 76 valence electrons. The van der Waals surface area contributed by atoms with Gasteiger partial charge in [0.15, 0.2) is 5.76 Å². The highest BCUT2D eigenvalue weighted by atomic mass is 16.4. The number of nitrogen functional groups attached to an aromatic ring is 1. The molecule has 0 aliphatic rings. The van der Waals surface area contributed by atoms with Crippen LogP contribution >= 0.6 is 0 Å². The SMILES string of the molecule is Cc1nc(N)oc1C(=O)c1ccccc1. The standard InChI is InChI=1S/C11H10N2O2/c1-7-10(15-11(12)13-7)9(14)8-5-3-2-4-6-8/h2-6H,1H3,(H2,12,13). The van der Waals surface area contributed by atoms with Crippen LogP contribution in [0, 0.1) is 6.92 Å². The first kappa shape index (κ1) is 9.45. The number of nitrogens with zero attached hydrogens (tertiary/aromatic N) is 1. The van der Waals surface area contributed by atoms with E-state index >= 15 is 0 Å². The number of ketones is 1. The molecule has 1 aromatic heterocycles. The van der Waals surface area contributed by atoms with Crippen LogP contribution in [0.3, 0.4) is 0 Å². The molecule has 2 aromatic rings. The molecular formula is C11H10N2O2. The van der Waals surface area contributed by atoms with E-state index in [1.807, 2.05) is 6.07 Å². The summed E-state index contributed by atoms with van der Waals surface area (Å²) < 4.78 is 5.05. The molecule has 0 bridgehead atoms. The normalized spacial score (nSPS) is 10.2. The number of rotatable bonds is 2. The van der Waals surface area contributed by atoms with Gasteiger partial charge in [0, 0.05) is 5.56 Å². The summed E-state index contributed by atoms with van der Waals surface area (Å²) in [5, 5.41) is 0. The van der Waals surface area contributed by atoms with E-state index < -0.39 is 0 Å². The fourth-order valence-corrected chi connectivity index (χ4v) is 1.35. The van der Waals surface area contributed by atoms with Crippen molar-refractivity contribution in [1.29, 1.82) is 0 Å². The molecular weight excluding hydrogens is 192 g/mol. The molecule has 0 saturated heterocycles. The number of nitrogens with two attached hydrogens (primary N) is 1. The molecule has 0 fully saturated rings. The monoisotopic (exact) mass is 202 g/mol. The quantitative estimate of drug-likeness (QED) is 0.754. The third kappa shape index (κ3) is 1.74. The largest absolute Gasteiger partial charge is 0.420 e. The van der Waals surface area contributed by atoms with Crippen LogP contribution in [0.25, 0.3) is 0 Å². The summed E-state index contributed by atoms with van der Waals surface area (Å²) in [4.78, 5) is 15.7. The van der Waals surface area contributed by atoms with Crippen LogP contribution in [0.15, 0.2) is 34.7 Å². The highest BCUT2D eigenvalue weighted by molar-refractivity contribution is 6.07. The molecule has 0 radical (unpaired) electrons. The van der Waals surface area contributed by atoms with Crippen molar-refractivity contribution < 1.29 is 9.21 Å². The lowest BCUT2D eigenvalue weighted by atomic mass is 10.1. The highest BCUT2D eigenvalue weighted by Gasteiger charge is 2.17. The number of carbonyl (C=O) groups is 1. The first-order valence-electron chi connectivity index (χ1n) is 4.51. The zero-order chi connectivity index (χ0) is 10.8. The zero-order valence-electron chi connectivity index (χ0n) is 8.23. The van der Waals surface area contributed by atoms with Gasteiger partial charge in [-0.1, -0.05) is 30.3 Å². The molecule has 0 atom stereocenters. The van der Waals surface area contributed by atoms with E-state index in [0.717, 1.165) is 0 Å². The fraction of sp³-hybridized carbons (Fsp3) is 0.0909. The van der Waals surface area contributed by atoms with Crippen molar-refractivity contribution in [3.05, 3.63) is 47.3 Å². The van der Waals surface area contributed by atoms with Crippen LogP contribution in [0.5, 0.6) is 0 Å². The third-order valence-electron chi connectivity index (χ3n) is 2.06. The van der Waals surface area contributed by atoms with Gasteiger partial charge in [0.25, 0.3) is 6.01 Å². The Kier molecular flexibility index (Phi) is 2.25. The molecule has 0 aliphatic carbocycles. The van der Waals surface area contributed by atoms with Crippen LogP contribution in [-0.4, -0.2) is 10.8 Å². The second-order valence-electron chi connectivity index (χ2n) is 3.16. The predicted octanol–water partition coefficient (Wildman–Crippen LogP) is 1.80. The van der Waals surface area contributed by atoms with E-state index in [0.29, 0.717) is 11.3 Å². The van der Waals surface area contributed by atoms with E-state index in [1.165, 1.54) is 0 Å². The van der Waals surface area contributed by atoms with E-state index in [4.69, 9.17) is 10.2 Å². The minimum atomic E-state index is -0.197. The third-order valence-corrected chi connectivity index (χ3v) is 2.06. The summed E-state index contributed by atoms with van der Waals surface area (Å²) >= 11 is 0. The second kappa shape index (κ2) is 3.57. The van der Waals surface area contributed by atoms with Crippen molar-refractivity contribution in [3.8, 4) is 0 Å². The van der Waals surface area contributed by atoms with Gasteiger partial charge in [-0.15, -0.1) is 0 Å². The lowest BCUT2D eigenvalue weighted by Crippen LogP contribution is -2.01. The maximum Gasteiger partial charge on any atom is 0.292 e. The Balaban J connectivity index is 2.41. The predicted molar refractivity (Wildman–Crippen MR) is 55.5 cm³/mol. The fourth-order valence-electron chi connectivity index (χ4n) is 1.35. The Morgan fingerprint density at radius 3 is 2.53 bits per heavy atom. The smallest absolute Gasteiger partial charge is 0.292 e. The molecule has 15 heavy (non-hydrogen) atoms. The average Bonchev–Trinajstić information content (AvgIpc) is 2.58. The van der Waals surface area contributed by atoms with Gasteiger partial charge in [0.05, 0.1) is 5.69 Å². The number of oxazole rings is 1. The lowest BCUT2D eigenvalue weighted by Gasteiger charge is -1.96. The number of carbonyl (C=O) groups excluding carboxylic acids is 1. The Morgan fingerprint density at radius 1 is 1.33 bits per heavy atom. The number of aryl methyl sites for hydroxylation is 1. The Labute approximate surface area is 86.7 Å². The summed E-state index contributed by atoms with van der Waals surface area (Å²) in [5.41, 5.74) is 6.45. The van der Waals surface area contributed by atoms with Crippen molar-refractivity contribution in [2.75, 3.05) is 5.73 Å². The molecule has 4 nitrogen and oxygen atoms in total. The van der Waals surface area contributed by atoms with Gasteiger partial charge in [-0.3, -0.25) is 4.79 Å². The maximum atomic E-state index is 11.9. The van der Waals surface area contributed by atoms with Crippen LogP contribution in [0.1, 0.15) is 21.8 Å². The van der Waals surface area contributed by atoms with Gasteiger partial charge in [0.2, 0.25) is 5.78 Å². The van der Waals surface area contributed by atoms with E-state index in [2.05, 4.69) is 4.98 Å². The Morgan fingerprint density at radius 2 is 2.00 bits per heavy atom. The van der Waals surface area contributed by atoms with Gasteiger partial charge in [-0.25, -0.2) is 0 Å². The van der Waals surface area contributed by atoms with Gasteiger partial charge < -0.3 is 10.2 Å². The second-order valence-corrected chi connectivity index (χ2v) is 3.16. The minimum absolute atomic E-state index is 0.0202. The molecule has 2 rings (SSSR count). The maximum absolute atomic E-state index is 11.9. The van der Waals surface area contributed by atoms with Crippen molar-refractivity contribution in [2.24, 2.45) is 0 Å². The number of aromatic nitrogens is 1. The van der Waals surface area contributed by atoms with Gasteiger partial charge in [-0.2, -0.15) is 4.98 Å². The summed E-state index contributed by atoms with van der Waals surface area (Å²) in [5.74, 6) is 0.0102. The van der Waals surface area contributed by atoms with Crippen molar-refractivity contribution >= 4 is 11.8 Å². The van der Waals surface area contributed by atoms with E-state index in [-0.39, 0.29) is 17.6 Å². The zero-order valence-corrected chi connectivity index (χ0v) is 8.23. The molecule has 1 heterocycles. The molecule has 0 saturated carbocycles. The van der Waals surface area contributed by atoms with Crippen LogP contribution in [0.4, 0.5) is 6.01 Å². The van der Waals surface area contributed by atoms with Crippen LogP contribution in [0.2, 0.25) is 0 Å². The van der Waals surface area contributed by atoms with Crippen LogP contribution in [-0.2, 0) is 0 Å². The highest BCUT2D eigenvalue weighted by Crippen LogP contribution is 2.16. The molecule has 0 amide bonds. The topological polar surface area (TPSA) is 69.1 Å².